The van der Waals surface area contributed by atoms with Crippen molar-refractivity contribution >= 4 is 29.9 Å². The van der Waals surface area contributed by atoms with E-state index in [4.69, 9.17) is 11.6 Å². The molecule has 2 N–H and O–H groups in total. The molecule has 2 aromatic carbocycles. The van der Waals surface area contributed by atoms with E-state index in [-0.39, 0.29) is 37.4 Å². The minimum Gasteiger partial charge on any atom is -0.351 e. The Kier molecular flexibility index (Phi) is 7.98. The van der Waals surface area contributed by atoms with E-state index in [9.17, 15) is 13.6 Å². The first-order valence-corrected chi connectivity index (χ1v) is 8.81. The molecule has 1 saturated heterocycles. The van der Waals surface area contributed by atoms with Crippen molar-refractivity contribution in [2.45, 2.75) is 12.6 Å². The molecule has 4 nitrogen and oxygen atoms in total. The fraction of sp³-hybridized carbons (Fsp3) is 0.316. The minimum atomic E-state index is -0.657. The Morgan fingerprint density at radius 1 is 1.22 bits per heavy atom. The van der Waals surface area contributed by atoms with Crippen molar-refractivity contribution in [1.82, 2.24) is 15.5 Å². The maximum absolute atomic E-state index is 13.2. The lowest BCUT2D eigenvalue weighted by atomic mass is 10.0. The summed E-state index contributed by atoms with van der Waals surface area (Å²) in [5.41, 5.74) is 1.36. The Balaban J connectivity index is 0.00000261. The van der Waals surface area contributed by atoms with Gasteiger partial charge < -0.3 is 10.6 Å². The van der Waals surface area contributed by atoms with Gasteiger partial charge in [0.25, 0.3) is 0 Å². The number of carbonyl (C=O) groups is 1. The van der Waals surface area contributed by atoms with Gasteiger partial charge in [0.05, 0.1) is 6.54 Å². The van der Waals surface area contributed by atoms with Gasteiger partial charge in [0.15, 0.2) is 0 Å². The molecule has 1 aliphatic rings. The van der Waals surface area contributed by atoms with Gasteiger partial charge in [0.2, 0.25) is 5.91 Å². The molecular formula is C19H21Cl2F2N3O. The lowest BCUT2D eigenvalue weighted by molar-refractivity contribution is -0.123. The fourth-order valence-electron chi connectivity index (χ4n) is 3.14. The van der Waals surface area contributed by atoms with Crippen molar-refractivity contribution in [3.05, 3.63) is 70.2 Å². The molecule has 3 rings (SSSR count). The van der Waals surface area contributed by atoms with Crippen molar-refractivity contribution in [1.29, 1.82) is 0 Å². The molecule has 8 heteroatoms. The number of amides is 1. The number of carbonyl (C=O) groups excluding carboxylic acids is 1. The Morgan fingerprint density at radius 2 is 1.93 bits per heavy atom. The number of rotatable bonds is 5. The smallest absolute Gasteiger partial charge is 0.234 e. The van der Waals surface area contributed by atoms with Gasteiger partial charge in [-0.05, 0) is 29.3 Å². The second-order valence-corrected chi connectivity index (χ2v) is 6.67. The molecule has 0 bridgehead atoms. The van der Waals surface area contributed by atoms with Crippen molar-refractivity contribution in [2.75, 3.05) is 26.2 Å². The van der Waals surface area contributed by atoms with Crippen LogP contribution in [0.2, 0.25) is 5.02 Å². The minimum absolute atomic E-state index is 0. The van der Waals surface area contributed by atoms with E-state index >= 15 is 0 Å². The molecule has 0 aromatic heterocycles. The molecule has 1 fully saturated rings. The normalized spacial score (nSPS) is 17.2. The lowest BCUT2D eigenvalue weighted by Gasteiger charge is -2.36. The standard InChI is InChI=1S/C19H20ClF2N3O.ClH/c20-17-4-2-1-3-16(17)18-11-23-5-6-25(18)12-19(26)24-10-13-7-14(21)9-15(22)8-13;/h1-4,7-9,18,23H,5-6,10-12H2,(H,24,26);1H. The zero-order valence-electron chi connectivity index (χ0n) is 14.6. The van der Waals surface area contributed by atoms with Gasteiger partial charge in [0, 0.05) is 43.3 Å². The van der Waals surface area contributed by atoms with E-state index in [2.05, 4.69) is 15.5 Å². The van der Waals surface area contributed by atoms with Crippen LogP contribution in [0.1, 0.15) is 17.2 Å². The van der Waals surface area contributed by atoms with Crippen LogP contribution in [0.25, 0.3) is 0 Å². The predicted octanol–water partition coefficient (Wildman–Crippen LogP) is 3.30. The van der Waals surface area contributed by atoms with Gasteiger partial charge in [-0.2, -0.15) is 0 Å². The second kappa shape index (κ2) is 9.99. The summed E-state index contributed by atoms with van der Waals surface area (Å²) in [6.07, 6.45) is 0. The number of piperazine rings is 1. The molecule has 0 saturated carbocycles. The number of halogens is 4. The van der Waals surface area contributed by atoms with Crippen LogP contribution in [-0.4, -0.2) is 37.0 Å². The summed E-state index contributed by atoms with van der Waals surface area (Å²) < 4.78 is 26.4. The summed E-state index contributed by atoms with van der Waals surface area (Å²) in [6.45, 7) is 2.46. The third kappa shape index (κ3) is 5.87. The molecule has 2 aromatic rings. The van der Waals surface area contributed by atoms with Gasteiger partial charge in [-0.15, -0.1) is 12.4 Å². The Hall–Kier alpha value is -1.73. The zero-order chi connectivity index (χ0) is 18.5. The highest BCUT2D eigenvalue weighted by atomic mass is 35.5. The van der Waals surface area contributed by atoms with Crippen LogP contribution in [0.15, 0.2) is 42.5 Å². The molecule has 0 aliphatic carbocycles. The van der Waals surface area contributed by atoms with Gasteiger partial charge in [0.1, 0.15) is 11.6 Å². The first-order chi connectivity index (χ1) is 12.5. The molecule has 0 spiro atoms. The highest BCUT2D eigenvalue weighted by Crippen LogP contribution is 2.28. The van der Waals surface area contributed by atoms with Crippen molar-refractivity contribution < 1.29 is 13.6 Å². The predicted molar refractivity (Wildman–Crippen MR) is 104 cm³/mol. The summed E-state index contributed by atoms with van der Waals surface area (Å²) in [4.78, 5) is 14.4. The van der Waals surface area contributed by atoms with Crippen LogP contribution in [-0.2, 0) is 11.3 Å². The van der Waals surface area contributed by atoms with Crippen molar-refractivity contribution in [3.63, 3.8) is 0 Å². The average Bonchev–Trinajstić information content (AvgIpc) is 2.60. The van der Waals surface area contributed by atoms with E-state index in [0.29, 0.717) is 23.7 Å². The van der Waals surface area contributed by atoms with Crippen molar-refractivity contribution in [2.24, 2.45) is 0 Å². The van der Waals surface area contributed by atoms with Crippen LogP contribution in [0, 0.1) is 11.6 Å². The summed E-state index contributed by atoms with van der Waals surface area (Å²) in [6, 6.07) is 10.8. The van der Waals surface area contributed by atoms with E-state index in [1.165, 1.54) is 12.1 Å². The largest absolute Gasteiger partial charge is 0.351 e. The second-order valence-electron chi connectivity index (χ2n) is 6.27. The van der Waals surface area contributed by atoms with E-state index in [1.807, 2.05) is 24.3 Å². The number of hydrogen-bond acceptors (Lipinski definition) is 3. The Bertz CT molecular complexity index is 771. The molecule has 1 amide bonds. The summed E-state index contributed by atoms with van der Waals surface area (Å²) in [5, 5.41) is 6.71. The molecular weight excluding hydrogens is 395 g/mol. The molecule has 27 heavy (non-hydrogen) atoms. The first kappa shape index (κ1) is 21.6. The SMILES string of the molecule is Cl.O=C(CN1CCNCC1c1ccccc1Cl)NCc1cc(F)cc(F)c1. The van der Waals surface area contributed by atoms with Crippen LogP contribution < -0.4 is 10.6 Å². The van der Waals surface area contributed by atoms with Crippen molar-refractivity contribution in [3.8, 4) is 0 Å². The maximum Gasteiger partial charge on any atom is 0.234 e. The van der Waals surface area contributed by atoms with E-state index < -0.39 is 11.6 Å². The summed E-state index contributed by atoms with van der Waals surface area (Å²) >= 11 is 6.30. The van der Waals surface area contributed by atoms with Crippen LogP contribution in [0.4, 0.5) is 8.78 Å². The fourth-order valence-corrected chi connectivity index (χ4v) is 3.40. The number of nitrogens with one attached hydrogen (secondary N) is 2. The summed E-state index contributed by atoms with van der Waals surface area (Å²) in [5.74, 6) is -1.51. The molecule has 146 valence electrons. The lowest BCUT2D eigenvalue weighted by Crippen LogP contribution is -2.49. The van der Waals surface area contributed by atoms with Gasteiger partial charge in [-0.3, -0.25) is 9.69 Å². The maximum atomic E-state index is 13.2. The number of hydrogen-bond donors (Lipinski definition) is 2. The van der Waals surface area contributed by atoms with Gasteiger partial charge in [-0.25, -0.2) is 8.78 Å². The number of nitrogens with zero attached hydrogens (tertiary/aromatic N) is 1. The molecule has 0 radical (unpaired) electrons. The van der Waals surface area contributed by atoms with Gasteiger partial charge in [-0.1, -0.05) is 29.8 Å². The highest BCUT2D eigenvalue weighted by molar-refractivity contribution is 6.31. The Labute approximate surface area is 168 Å². The molecule has 1 aliphatic heterocycles. The van der Waals surface area contributed by atoms with E-state index in [0.717, 1.165) is 18.2 Å². The summed E-state index contributed by atoms with van der Waals surface area (Å²) in [7, 11) is 0. The highest BCUT2D eigenvalue weighted by Gasteiger charge is 2.26. The van der Waals surface area contributed by atoms with Crippen LogP contribution >= 0.6 is 24.0 Å². The van der Waals surface area contributed by atoms with E-state index in [1.54, 1.807) is 0 Å². The molecule has 1 heterocycles. The van der Waals surface area contributed by atoms with Gasteiger partial charge >= 0.3 is 0 Å². The number of benzene rings is 2. The topological polar surface area (TPSA) is 44.4 Å². The quantitative estimate of drug-likeness (QED) is 0.787. The van der Waals surface area contributed by atoms with Crippen LogP contribution in [0.3, 0.4) is 0 Å². The third-order valence-electron chi connectivity index (χ3n) is 4.38. The third-order valence-corrected chi connectivity index (χ3v) is 4.72. The van der Waals surface area contributed by atoms with Crippen LogP contribution in [0.5, 0.6) is 0 Å². The zero-order valence-corrected chi connectivity index (χ0v) is 16.1. The molecule has 1 unspecified atom stereocenters. The molecule has 1 atom stereocenters. The first-order valence-electron chi connectivity index (χ1n) is 8.44. The Morgan fingerprint density at radius 3 is 2.63 bits per heavy atom. The monoisotopic (exact) mass is 415 g/mol. The average molecular weight is 416 g/mol.